The van der Waals surface area contributed by atoms with Gasteiger partial charge in [-0.05, 0) is 30.3 Å². The first kappa shape index (κ1) is 15.9. The number of ether oxygens (including phenoxy) is 1. The molecule has 0 aliphatic carbocycles. The summed E-state index contributed by atoms with van der Waals surface area (Å²) >= 11 is 3.40. The van der Waals surface area contributed by atoms with Crippen LogP contribution in [0.15, 0.2) is 53.0 Å². The molecule has 21 heavy (non-hydrogen) atoms. The van der Waals surface area contributed by atoms with Gasteiger partial charge >= 0.3 is 6.18 Å². The summed E-state index contributed by atoms with van der Waals surface area (Å²) in [6.07, 6.45) is -4.79. The largest absolute Gasteiger partial charge is 0.484 e. The van der Waals surface area contributed by atoms with Crippen LogP contribution < -0.4 is 10.5 Å². The molecule has 0 bridgehead atoms. The maximum atomic E-state index is 12.5. The second-order valence-corrected chi connectivity index (χ2v) is 5.24. The third-order valence-electron chi connectivity index (χ3n) is 2.93. The number of rotatable bonds is 4. The molecule has 0 saturated carbocycles. The van der Waals surface area contributed by atoms with Crippen LogP contribution in [0.5, 0.6) is 5.75 Å². The molecule has 2 N–H and O–H groups in total. The summed E-state index contributed by atoms with van der Waals surface area (Å²) in [5.74, 6) is 0.342. The van der Waals surface area contributed by atoms with Crippen molar-refractivity contribution < 1.29 is 17.9 Å². The van der Waals surface area contributed by atoms with Gasteiger partial charge in [0.05, 0.1) is 5.56 Å². The molecule has 1 unspecified atom stereocenters. The molecule has 0 spiro atoms. The molecule has 0 aromatic heterocycles. The number of nitrogens with two attached hydrogens (primary N) is 1. The van der Waals surface area contributed by atoms with Crippen molar-refractivity contribution in [1.82, 2.24) is 0 Å². The lowest BCUT2D eigenvalue weighted by atomic mass is 10.1. The third kappa shape index (κ3) is 3.98. The maximum Gasteiger partial charge on any atom is 0.416 e. The van der Waals surface area contributed by atoms with Gasteiger partial charge in [0.25, 0.3) is 0 Å². The van der Waals surface area contributed by atoms with Gasteiger partial charge in [-0.2, -0.15) is 13.2 Å². The normalized spacial score (nSPS) is 13.0. The Morgan fingerprint density at radius 3 is 2.19 bits per heavy atom. The van der Waals surface area contributed by atoms with E-state index in [0.717, 1.165) is 22.2 Å². The van der Waals surface area contributed by atoms with Crippen molar-refractivity contribution in [2.24, 2.45) is 5.73 Å². The SMILES string of the molecule is NCC(Oc1ccc(C(F)(F)F)cc1)c1ccccc1Br. The minimum absolute atomic E-state index is 0.212. The van der Waals surface area contributed by atoms with Crippen LogP contribution in [0.25, 0.3) is 0 Å². The average Bonchev–Trinajstić information content (AvgIpc) is 2.45. The Morgan fingerprint density at radius 1 is 1.05 bits per heavy atom. The second-order valence-electron chi connectivity index (χ2n) is 4.39. The standard InChI is InChI=1S/C15H13BrF3NO/c16-13-4-2-1-3-12(13)14(9-20)21-11-7-5-10(6-8-11)15(17,18)19/h1-8,14H,9,20H2. The van der Waals surface area contributed by atoms with Crippen molar-refractivity contribution in [3.05, 3.63) is 64.1 Å². The van der Waals surface area contributed by atoms with Crippen molar-refractivity contribution in [3.8, 4) is 5.75 Å². The van der Waals surface area contributed by atoms with E-state index in [1.165, 1.54) is 12.1 Å². The van der Waals surface area contributed by atoms with E-state index in [4.69, 9.17) is 10.5 Å². The smallest absolute Gasteiger partial charge is 0.416 e. The minimum atomic E-state index is -4.35. The van der Waals surface area contributed by atoms with E-state index >= 15 is 0 Å². The van der Waals surface area contributed by atoms with Crippen LogP contribution >= 0.6 is 15.9 Å². The predicted molar refractivity (Wildman–Crippen MR) is 78.0 cm³/mol. The van der Waals surface area contributed by atoms with Gasteiger partial charge in [-0.15, -0.1) is 0 Å². The minimum Gasteiger partial charge on any atom is -0.484 e. The molecule has 0 fully saturated rings. The van der Waals surface area contributed by atoms with Crippen LogP contribution in [-0.2, 0) is 6.18 Å². The Labute approximate surface area is 128 Å². The first-order valence-electron chi connectivity index (χ1n) is 6.20. The highest BCUT2D eigenvalue weighted by molar-refractivity contribution is 9.10. The molecule has 2 aromatic carbocycles. The number of alkyl halides is 3. The molecule has 0 amide bonds. The summed E-state index contributed by atoms with van der Waals surface area (Å²) < 4.78 is 44.0. The molecule has 0 heterocycles. The van der Waals surface area contributed by atoms with E-state index in [1.807, 2.05) is 24.3 Å². The Bertz CT molecular complexity index is 599. The first-order chi connectivity index (χ1) is 9.91. The second kappa shape index (κ2) is 6.49. The van der Waals surface area contributed by atoms with Gasteiger partial charge in [-0.3, -0.25) is 0 Å². The molecule has 2 aromatic rings. The molecule has 0 aliphatic rings. The van der Waals surface area contributed by atoms with Crippen LogP contribution in [0, 0.1) is 0 Å². The van der Waals surface area contributed by atoms with Crippen molar-refractivity contribution in [2.75, 3.05) is 6.54 Å². The van der Waals surface area contributed by atoms with Gasteiger partial charge in [0, 0.05) is 16.6 Å². The monoisotopic (exact) mass is 359 g/mol. The summed E-state index contributed by atoms with van der Waals surface area (Å²) in [6.45, 7) is 0.212. The van der Waals surface area contributed by atoms with Crippen LogP contribution in [-0.4, -0.2) is 6.54 Å². The molecule has 2 nitrogen and oxygen atoms in total. The van der Waals surface area contributed by atoms with Crippen molar-refractivity contribution in [1.29, 1.82) is 0 Å². The molecule has 0 saturated heterocycles. The zero-order chi connectivity index (χ0) is 15.5. The van der Waals surface area contributed by atoms with Crippen LogP contribution in [0.4, 0.5) is 13.2 Å². The number of hydrogen-bond donors (Lipinski definition) is 1. The molecular weight excluding hydrogens is 347 g/mol. The Kier molecular flexibility index (Phi) is 4.90. The highest BCUT2D eigenvalue weighted by Crippen LogP contribution is 2.32. The molecule has 1 atom stereocenters. The van der Waals surface area contributed by atoms with Crippen molar-refractivity contribution >= 4 is 15.9 Å². The summed E-state index contributed by atoms with van der Waals surface area (Å²) in [5.41, 5.74) is 5.83. The lowest BCUT2D eigenvalue weighted by molar-refractivity contribution is -0.137. The average molecular weight is 360 g/mol. The fourth-order valence-electron chi connectivity index (χ4n) is 1.86. The third-order valence-corrected chi connectivity index (χ3v) is 3.65. The van der Waals surface area contributed by atoms with E-state index in [9.17, 15) is 13.2 Å². The highest BCUT2D eigenvalue weighted by Gasteiger charge is 2.30. The zero-order valence-corrected chi connectivity index (χ0v) is 12.5. The van der Waals surface area contributed by atoms with E-state index in [0.29, 0.717) is 5.75 Å². The molecule has 0 aliphatic heterocycles. The number of hydrogen-bond acceptors (Lipinski definition) is 2. The van der Waals surface area contributed by atoms with E-state index < -0.39 is 17.8 Å². The predicted octanol–water partition coefficient (Wildman–Crippen LogP) is 4.55. The van der Waals surface area contributed by atoms with Gasteiger partial charge in [0.2, 0.25) is 0 Å². The van der Waals surface area contributed by atoms with E-state index in [1.54, 1.807) is 0 Å². The summed E-state index contributed by atoms with van der Waals surface area (Å²) in [7, 11) is 0. The van der Waals surface area contributed by atoms with Crippen LogP contribution in [0.3, 0.4) is 0 Å². The summed E-state index contributed by atoms with van der Waals surface area (Å²) in [6, 6.07) is 12.0. The summed E-state index contributed by atoms with van der Waals surface area (Å²) in [5, 5.41) is 0. The van der Waals surface area contributed by atoms with Gasteiger partial charge in [-0.1, -0.05) is 34.1 Å². The Balaban J connectivity index is 2.18. The number of halogens is 4. The van der Waals surface area contributed by atoms with E-state index in [2.05, 4.69) is 15.9 Å². The highest BCUT2D eigenvalue weighted by atomic mass is 79.9. The van der Waals surface area contributed by atoms with Gasteiger partial charge < -0.3 is 10.5 Å². The number of benzene rings is 2. The molecule has 6 heteroatoms. The quantitative estimate of drug-likeness (QED) is 0.869. The fraction of sp³-hybridized carbons (Fsp3) is 0.200. The fourth-order valence-corrected chi connectivity index (χ4v) is 2.40. The van der Waals surface area contributed by atoms with Crippen molar-refractivity contribution in [3.63, 3.8) is 0 Å². The topological polar surface area (TPSA) is 35.2 Å². The van der Waals surface area contributed by atoms with Gasteiger partial charge in [0.1, 0.15) is 11.9 Å². The Morgan fingerprint density at radius 2 is 1.67 bits per heavy atom. The molecular formula is C15H13BrF3NO. The van der Waals surface area contributed by atoms with Crippen LogP contribution in [0.2, 0.25) is 0 Å². The zero-order valence-electron chi connectivity index (χ0n) is 10.9. The summed E-state index contributed by atoms with van der Waals surface area (Å²) in [4.78, 5) is 0. The van der Waals surface area contributed by atoms with E-state index in [-0.39, 0.29) is 6.54 Å². The van der Waals surface area contributed by atoms with Gasteiger partial charge in [0.15, 0.2) is 0 Å². The van der Waals surface area contributed by atoms with Crippen LogP contribution in [0.1, 0.15) is 17.2 Å². The molecule has 112 valence electrons. The lowest BCUT2D eigenvalue weighted by Crippen LogP contribution is -2.19. The first-order valence-corrected chi connectivity index (χ1v) is 6.99. The molecule has 2 rings (SSSR count). The van der Waals surface area contributed by atoms with Gasteiger partial charge in [-0.25, -0.2) is 0 Å². The lowest BCUT2D eigenvalue weighted by Gasteiger charge is -2.19. The Hall–Kier alpha value is -1.53. The maximum absolute atomic E-state index is 12.5. The molecule has 0 radical (unpaired) electrons. The van der Waals surface area contributed by atoms with Crippen molar-refractivity contribution in [2.45, 2.75) is 12.3 Å².